The monoisotopic (exact) mass is 214 g/mol. The van der Waals surface area contributed by atoms with Gasteiger partial charge in [-0.2, -0.15) is 4.39 Å². The molecule has 0 aromatic carbocycles. The Morgan fingerprint density at radius 3 is 2.53 bits per heavy atom. The second kappa shape index (κ2) is 4.77. The average molecular weight is 214 g/mol. The van der Waals surface area contributed by atoms with Gasteiger partial charge in [-0.05, 0) is 42.6 Å². The van der Waals surface area contributed by atoms with Crippen molar-refractivity contribution < 1.29 is 14.3 Å². The minimum atomic E-state index is -1.41. The predicted molar refractivity (Wildman–Crippen MR) is 57.1 cm³/mol. The summed E-state index contributed by atoms with van der Waals surface area (Å²) in [6, 6.07) is 0. The normalized spacial score (nSPS) is 30.5. The van der Waals surface area contributed by atoms with Crippen LogP contribution >= 0.6 is 0 Å². The summed E-state index contributed by atoms with van der Waals surface area (Å²) in [6.45, 7) is 6.09. The van der Waals surface area contributed by atoms with E-state index in [1.807, 2.05) is 20.8 Å². The molecule has 1 aliphatic carbocycles. The number of carboxylic acid groups (broad SMARTS) is 1. The Morgan fingerprint density at radius 1 is 1.47 bits per heavy atom. The summed E-state index contributed by atoms with van der Waals surface area (Å²) < 4.78 is 13.5. The standard InChI is InChI=1S/C12H19FO2/c1-7(2)9-5-4-8(3)6-10(9)11(13)12(14)15/h7-9H,4-6H2,1-3H3,(H,14,15). The molecule has 86 valence electrons. The lowest BCUT2D eigenvalue weighted by Crippen LogP contribution is -2.22. The molecule has 0 saturated heterocycles. The Balaban J connectivity index is 2.98. The summed E-state index contributed by atoms with van der Waals surface area (Å²) in [5.74, 6) is -1.50. The zero-order valence-electron chi connectivity index (χ0n) is 9.59. The molecule has 1 N–H and O–H groups in total. The quantitative estimate of drug-likeness (QED) is 0.715. The maximum Gasteiger partial charge on any atom is 0.364 e. The molecular weight excluding hydrogens is 195 g/mol. The molecule has 2 atom stereocenters. The largest absolute Gasteiger partial charge is 0.476 e. The molecule has 0 radical (unpaired) electrons. The van der Waals surface area contributed by atoms with Gasteiger partial charge >= 0.3 is 5.97 Å². The van der Waals surface area contributed by atoms with Crippen molar-refractivity contribution in [1.29, 1.82) is 0 Å². The molecule has 0 amide bonds. The Hall–Kier alpha value is -0.860. The summed E-state index contributed by atoms with van der Waals surface area (Å²) in [7, 11) is 0. The van der Waals surface area contributed by atoms with Crippen molar-refractivity contribution in [3.05, 3.63) is 11.4 Å². The van der Waals surface area contributed by atoms with Gasteiger partial charge in [-0.3, -0.25) is 0 Å². The van der Waals surface area contributed by atoms with Crippen LogP contribution in [0, 0.1) is 17.8 Å². The second-order valence-electron chi connectivity index (χ2n) is 4.88. The number of allylic oxidation sites excluding steroid dienone is 1. The van der Waals surface area contributed by atoms with E-state index in [0.717, 1.165) is 12.8 Å². The van der Waals surface area contributed by atoms with Gasteiger partial charge in [-0.25, -0.2) is 4.79 Å². The molecule has 1 fully saturated rings. The summed E-state index contributed by atoms with van der Waals surface area (Å²) in [4.78, 5) is 10.6. The number of carboxylic acids is 1. The maximum absolute atomic E-state index is 13.5. The molecule has 3 heteroatoms. The molecular formula is C12H19FO2. The van der Waals surface area contributed by atoms with Crippen molar-refractivity contribution in [2.45, 2.75) is 40.0 Å². The Kier molecular flexibility index (Phi) is 3.89. The van der Waals surface area contributed by atoms with Gasteiger partial charge in [0.15, 0.2) is 0 Å². The average Bonchev–Trinajstić information content (AvgIpc) is 2.15. The Labute approximate surface area is 90.2 Å². The van der Waals surface area contributed by atoms with E-state index in [2.05, 4.69) is 0 Å². The van der Waals surface area contributed by atoms with Crippen LogP contribution in [0.5, 0.6) is 0 Å². The van der Waals surface area contributed by atoms with Gasteiger partial charge in [0, 0.05) is 0 Å². The predicted octanol–water partition coefficient (Wildman–Crippen LogP) is 3.39. The van der Waals surface area contributed by atoms with Crippen LogP contribution in [0.2, 0.25) is 0 Å². The zero-order valence-corrected chi connectivity index (χ0v) is 9.59. The first-order valence-corrected chi connectivity index (χ1v) is 5.55. The van der Waals surface area contributed by atoms with Gasteiger partial charge < -0.3 is 5.11 Å². The molecule has 2 unspecified atom stereocenters. The first kappa shape index (κ1) is 12.2. The number of carbonyl (C=O) groups is 1. The van der Waals surface area contributed by atoms with Gasteiger partial charge in [0.25, 0.3) is 0 Å². The highest BCUT2D eigenvalue weighted by atomic mass is 19.1. The summed E-state index contributed by atoms with van der Waals surface area (Å²) in [5, 5.41) is 8.69. The number of hydrogen-bond donors (Lipinski definition) is 1. The second-order valence-corrected chi connectivity index (χ2v) is 4.88. The van der Waals surface area contributed by atoms with Crippen molar-refractivity contribution >= 4 is 5.97 Å². The highest BCUT2D eigenvalue weighted by Gasteiger charge is 2.30. The van der Waals surface area contributed by atoms with Crippen LogP contribution in [0.3, 0.4) is 0 Å². The molecule has 1 rings (SSSR count). The summed E-state index contributed by atoms with van der Waals surface area (Å²) >= 11 is 0. The van der Waals surface area contributed by atoms with E-state index >= 15 is 0 Å². The molecule has 0 aromatic heterocycles. The van der Waals surface area contributed by atoms with Gasteiger partial charge in [0.05, 0.1) is 0 Å². The van der Waals surface area contributed by atoms with Crippen molar-refractivity contribution in [1.82, 2.24) is 0 Å². The number of hydrogen-bond acceptors (Lipinski definition) is 1. The molecule has 0 aromatic rings. The van der Waals surface area contributed by atoms with Gasteiger partial charge in [-0.15, -0.1) is 0 Å². The Morgan fingerprint density at radius 2 is 2.07 bits per heavy atom. The lowest BCUT2D eigenvalue weighted by Gasteiger charge is -2.32. The lowest BCUT2D eigenvalue weighted by molar-refractivity contribution is -0.134. The SMILES string of the molecule is CC1CCC(C(C)C)C(=C(F)C(=O)O)C1. The topological polar surface area (TPSA) is 37.3 Å². The van der Waals surface area contributed by atoms with Crippen LogP contribution in [-0.4, -0.2) is 11.1 Å². The van der Waals surface area contributed by atoms with Crippen molar-refractivity contribution in [2.24, 2.45) is 17.8 Å². The minimum absolute atomic E-state index is 0.109. The molecule has 15 heavy (non-hydrogen) atoms. The summed E-state index contributed by atoms with van der Waals surface area (Å²) in [5.41, 5.74) is 0.524. The van der Waals surface area contributed by atoms with E-state index in [4.69, 9.17) is 5.11 Å². The molecule has 0 spiro atoms. The van der Waals surface area contributed by atoms with Crippen molar-refractivity contribution in [3.63, 3.8) is 0 Å². The van der Waals surface area contributed by atoms with Gasteiger partial charge in [-0.1, -0.05) is 20.8 Å². The fourth-order valence-corrected chi connectivity index (χ4v) is 2.39. The first-order valence-electron chi connectivity index (χ1n) is 5.55. The molecule has 0 bridgehead atoms. The Bertz CT molecular complexity index is 281. The number of aliphatic carboxylic acids is 1. The van der Waals surface area contributed by atoms with Crippen LogP contribution in [0.4, 0.5) is 4.39 Å². The highest BCUT2D eigenvalue weighted by molar-refractivity contribution is 5.85. The smallest absolute Gasteiger partial charge is 0.364 e. The fraction of sp³-hybridized carbons (Fsp3) is 0.750. The van der Waals surface area contributed by atoms with Crippen LogP contribution < -0.4 is 0 Å². The number of halogens is 1. The van der Waals surface area contributed by atoms with E-state index in [1.54, 1.807) is 0 Å². The van der Waals surface area contributed by atoms with E-state index in [9.17, 15) is 9.18 Å². The third-order valence-corrected chi connectivity index (χ3v) is 3.26. The van der Waals surface area contributed by atoms with Crippen LogP contribution in [0.1, 0.15) is 40.0 Å². The van der Waals surface area contributed by atoms with E-state index in [1.165, 1.54) is 0 Å². The van der Waals surface area contributed by atoms with Crippen molar-refractivity contribution in [2.75, 3.05) is 0 Å². The van der Waals surface area contributed by atoms with Crippen LogP contribution in [-0.2, 0) is 4.79 Å². The maximum atomic E-state index is 13.5. The molecule has 1 aliphatic rings. The molecule has 1 saturated carbocycles. The highest BCUT2D eigenvalue weighted by Crippen LogP contribution is 2.39. The fourth-order valence-electron chi connectivity index (χ4n) is 2.39. The third-order valence-electron chi connectivity index (χ3n) is 3.26. The lowest BCUT2D eigenvalue weighted by atomic mass is 9.73. The first-order chi connectivity index (χ1) is 6.93. The molecule has 0 aliphatic heterocycles. The van der Waals surface area contributed by atoms with Crippen molar-refractivity contribution in [3.8, 4) is 0 Å². The van der Waals surface area contributed by atoms with Gasteiger partial charge in [0.1, 0.15) is 0 Å². The van der Waals surface area contributed by atoms with Crippen LogP contribution in [0.15, 0.2) is 11.4 Å². The van der Waals surface area contributed by atoms with E-state index in [0.29, 0.717) is 23.8 Å². The molecule has 0 heterocycles. The van der Waals surface area contributed by atoms with Gasteiger partial charge in [0.2, 0.25) is 5.83 Å². The zero-order chi connectivity index (χ0) is 11.6. The van der Waals surface area contributed by atoms with E-state index in [-0.39, 0.29) is 5.92 Å². The summed E-state index contributed by atoms with van der Waals surface area (Å²) in [6.07, 6.45) is 2.58. The minimum Gasteiger partial charge on any atom is -0.476 e. The van der Waals surface area contributed by atoms with Crippen LogP contribution in [0.25, 0.3) is 0 Å². The third kappa shape index (κ3) is 2.80. The molecule has 2 nitrogen and oxygen atoms in total. The van der Waals surface area contributed by atoms with E-state index < -0.39 is 11.8 Å². The number of rotatable bonds is 2.